The average Bonchev–Trinajstić information content (AvgIpc) is 3.10. The predicted octanol–water partition coefficient (Wildman–Crippen LogP) is 1.61. The van der Waals surface area contributed by atoms with Crippen LogP contribution in [0.4, 0.5) is 0 Å². The molecule has 7 nitrogen and oxygen atoms in total. The van der Waals surface area contributed by atoms with Gasteiger partial charge in [0, 0.05) is 31.7 Å². The molecule has 1 spiro atoms. The molecule has 2 aliphatic heterocycles. The zero-order valence-corrected chi connectivity index (χ0v) is 17.4. The topological polar surface area (TPSA) is 62.3 Å². The van der Waals surface area contributed by atoms with Crippen LogP contribution in [0.2, 0.25) is 0 Å². The summed E-state index contributed by atoms with van der Waals surface area (Å²) in [4.78, 5) is 31.5. The van der Waals surface area contributed by atoms with Crippen molar-refractivity contribution in [3.05, 3.63) is 23.8 Å². The van der Waals surface area contributed by atoms with Crippen molar-refractivity contribution in [2.75, 3.05) is 54.5 Å². The Balaban J connectivity index is 1.74. The molecule has 0 radical (unpaired) electrons. The third-order valence-corrected chi connectivity index (χ3v) is 5.83. The van der Waals surface area contributed by atoms with Crippen molar-refractivity contribution in [2.45, 2.75) is 25.8 Å². The number of likely N-dealkylation sites (N-methyl/N-ethyl adjacent to an activating group) is 1. The van der Waals surface area contributed by atoms with Gasteiger partial charge in [-0.1, -0.05) is 12.1 Å². The number of nitrogens with zero attached hydrogens (tertiary/aromatic N) is 3. The molecule has 154 valence electrons. The second-order valence-electron chi connectivity index (χ2n) is 8.07. The summed E-state index contributed by atoms with van der Waals surface area (Å²) < 4.78 is 10.9. The Morgan fingerprint density at radius 2 is 1.96 bits per heavy atom. The van der Waals surface area contributed by atoms with Crippen LogP contribution < -0.4 is 9.47 Å². The highest BCUT2D eigenvalue weighted by Crippen LogP contribution is 2.41. The van der Waals surface area contributed by atoms with Crippen LogP contribution >= 0.6 is 0 Å². The summed E-state index contributed by atoms with van der Waals surface area (Å²) in [6.45, 7) is 2.80. The van der Waals surface area contributed by atoms with Crippen molar-refractivity contribution < 1.29 is 19.1 Å². The molecule has 0 saturated carbocycles. The lowest BCUT2D eigenvalue weighted by Gasteiger charge is -2.39. The van der Waals surface area contributed by atoms with Gasteiger partial charge in [0.25, 0.3) is 0 Å². The zero-order chi connectivity index (χ0) is 20.3. The first-order valence-electron chi connectivity index (χ1n) is 9.82. The summed E-state index contributed by atoms with van der Waals surface area (Å²) in [7, 11) is 7.00. The van der Waals surface area contributed by atoms with Crippen molar-refractivity contribution >= 4 is 11.8 Å². The van der Waals surface area contributed by atoms with Gasteiger partial charge in [0.2, 0.25) is 11.8 Å². The fourth-order valence-corrected chi connectivity index (χ4v) is 4.42. The van der Waals surface area contributed by atoms with E-state index in [0.717, 1.165) is 31.4 Å². The number of hydrogen-bond acceptors (Lipinski definition) is 5. The molecule has 2 amide bonds. The largest absolute Gasteiger partial charge is 0.493 e. The number of methoxy groups -OCH3 is 2. The van der Waals surface area contributed by atoms with Crippen molar-refractivity contribution in [3.63, 3.8) is 0 Å². The van der Waals surface area contributed by atoms with Crippen LogP contribution in [0, 0.1) is 5.41 Å². The highest BCUT2D eigenvalue weighted by atomic mass is 16.5. The molecule has 0 bridgehead atoms. The number of piperidine rings is 1. The molecule has 7 heteroatoms. The van der Waals surface area contributed by atoms with E-state index in [1.54, 1.807) is 14.2 Å². The smallest absolute Gasteiger partial charge is 0.236 e. The first kappa shape index (κ1) is 20.5. The van der Waals surface area contributed by atoms with Gasteiger partial charge in [-0.25, -0.2) is 0 Å². The Bertz CT molecular complexity index is 736. The van der Waals surface area contributed by atoms with Crippen LogP contribution in [0.5, 0.6) is 11.5 Å². The zero-order valence-electron chi connectivity index (χ0n) is 17.4. The number of rotatable bonds is 6. The summed E-state index contributed by atoms with van der Waals surface area (Å²) in [5, 5.41) is 0. The minimum Gasteiger partial charge on any atom is -0.493 e. The van der Waals surface area contributed by atoms with Crippen LogP contribution in [-0.4, -0.2) is 81.0 Å². The molecule has 3 rings (SSSR count). The van der Waals surface area contributed by atoms with E-state index in [-0.39, 0.29) is 11.8 Å². The minimum atomic E-state index is -0.438. The SMILES string of the molecule is COc1cccc(CN2CCC[C@@]3(CCN(C(=O)CN(C)C)C3)C2=O)c1OC. The third-order valence-electron chi connectivity index (χ3n) is 5.83. The molecule has 28 heavy (non-hydrogen) atoms. The van der Waals surface area contributed by atoms with E-state index in [1.165, 1.54) is 0 Å². The Morgan fingerprint density at radius 1 is 1.18 bits per heavy atom. The molecule has 2 saturated heterocycles. The Hall–Kier alpha value is -2.28. The summed E-state index contributed by atoms with van der Waals surface area (Å²) in [6, 6.07) is 5.74. The summed E-state index contributed by atoms with van der Waals surface area (Å²) in [5.74, 6) is 1.59. The second-order valence-corrected chi connectivity index (χ2v) is 8.07. The van der Waals surface area contributed by atoms with Gasteiger partial charge >= 0.3 is 0 Å². The lowest BCUT2D eigenvalue weighted by atomic mass is 9.78. The molecule has 1 aromatic carbocycles. The molecule has 2 fully saturated rings. The first-order valence-corrected chi connectivity index (χ1v) is 9.82. The maximum Gasteiger partial charge on any atom is 0.236 e. The Morgan fingerprint density at radius 3 is 2.64 bits per heavy atom. The summed E-state index contributed by atoms with van der Waals surface area (Å²) in [6.07, 6.45) is 2.55. The van der Waals surface area contributed by atoms with E-state index in [2.05, 4.69) is 0 Å². The van der Waals surface area contributed by atoms with Gasteiger partial charge in [-0.2, -0.15) is 0 Å². The number of amides is 2. The fraction of sp³-hybridized carbons (Fsp3) is 0.619. The van der Waals surface area contributed by atoms with Crippen LogP contribution in [0.1, 0.15) is 24.8 Å². The molecule has 0 N–H and O–H groups in total. The molecule has 2 aliphatic rings. The van der Waals surface area contributed by atoms with Gasteiger partial charge in [-0.05, 0) is 39.4 Å². The van der Waals surface area contributed by atoms with Gasteiger partial charge in [0.15, 0.2) is 11.5 Å². The Labute approximate surface area is 167 Å². The van der Waals surface area contributed by atoms with Crippen LogP contribution in [0.25, 0.3) is 0 Å². The van der Waals surface area contributed by atoms with E-state index in [4.69, 9.17) is 9.47 Å². The van der Waals surface area contributed by atoms with Crippen molar-refractivity contribution in [1.29, 1.82) is 0 Å². The quantitative estimate of drug-likeness (QED) is 0.740. The second kappa shape index (κ2) is 8.39. The van der Waals surface area contributed by atoms with E-state index in [0.29, 0.717) is 37.7 Å². The fourth-order valence-electron chi connectivity index (χ4n) is 4.42. The highest BCUT2D eigenvalue weighted by molar-refractivity contribution is 5.86. The molecule has 0 unspecified atom stereocenters. The number of para-hydroxylation sites is 1. The summed E-state index contributed by atoms with van der Waals surface area (Å²) >= 11 is 0. The standard InChI is InChI=1S/C21H31N3O4/c1-22(2)14-18(25)24-12-10-21(15-24)9-6-11-23(20(21)26)13-16-7-5-8-17(27-3)19(16)28-4/h5,7-8H,6,9-15H2,1-4H3/t21-/m0/s1. The number of carbonyl (C=O) groups is 2. The maximum absolute atomic E-state index is 13.4. The van der Waals surface area contributed by atoms with E-state index >= 15 is 0 Å². The molecule has 1 atom stereocenters. The minimum absolute atomic E-state index is 0.0984. The number of likely N-dealkylation sites (tertiary alicyclic amines) is 2. The number of benzene rings is 1. The van der Waals surface area contributed by atoms with E-state index < -0.39 is 5.41 Å². The molecule has 0 aliphatic carbocycles. The van der Waals surface area contributed by atoms with E-state index in [1.807, 2.05) is 47.0 Å². The molecular weight excluding hydrogens is 358 g/mol. The van der Waals surface area contributed by atoms with Gasteiger partial charge in [0.05, 0.1) is 26.2 Å². The van der Waals surface area contributed by atoms with Gasteiger partial charge in [-0.15, -0.1) is 0 Å². The van der Waals surface area contributed by atoms with Gasteiger partial charge in [0.1, 0.15) is 0 Å². The third kappa shape index (κ3) is 3.94. The summed E-state index contributed by atoms with van der Waals surface area (Å²) in [5.41, 5.74) is 0.498. The molecule has 1 aromatic rings. The Kier molecular flexibility index (Phi) is 6.13. The van der Waals surface area contributed by atoms with Crippen LogP contribution in [-0.2, 0) is 16.1 Å². The molecular formula is C21H31N3O4. The highest BCUT2D eigenvalue weighted by Gasteiger charge is 2.49. The first-order chi connectivity index (χ1) is 13.4. The van der Waals surface area contributed by atoms with Gasteiger partial charge in [-0.3, -0.25) is 9.59 Å². The van der Waals surface area contributed by atoms with Crippen LogP contribution in [0.3, 0.4) is 0 Å². The monoisotopic (exact) mass is 389 g/mol. The van der Waals surface area contributed by atoms with Gasteiger partial charge < -0.3 is 24.2 Å². The molecule has 0 aromatic heterocycles. The lowest BCUT2D eigenvalue weighted by Crippen LogP contribution is -2.50. The van der Waals surface area contributed by atoms with Crippen molar-refractivity contribution in [2.24, 2.45) is 5.41 Å². The maximum atomic E-state index is 13.4. The number of hydrogen-bond donors (Lipinski definition) is 0. The van der Waals surface area contributed by atoms with E-state index in [9.17, 15) is 9.59 Å². The average molecular weight is 389 g/mol. The van der Waals surface area contributed by atoms with Crippen molar-refractivity contribution in [3.8, 4) is 11.5 Å². The molecule has 2 heterocycles. The number of carbonyl (C=O) groups excluding carboxylic acids is 2. The number of ether oxygens (including phenoxy) is 2. The normalized spacial score (nSPS) is 22.2. The van der Waals surface area contributed by atoms with Crippen molar-refractivity contribution in [1.82, 2.24) is 14.7 Å². The predicted molar refractivity (Wildman–Crippen MR) is 106 cm³/mol. The van der Waals surface area contributed by atoms with Crippen LogP contribution in [0.15, 0.2) is 18.2 Å². The lowest BCUT2D eigenvalue weighted by molar-refractivity contribution is -0.146.